The van der Waals surface area contributed by atoms with Gasteiger partial charge in [-0.25, -0.2) is 9.38 Å². The van der Waals surface area contributed by atoms with Gasteiger partial charge in [-0.2, -0.15) is 0 Å². The number of halogens is 1. The van der Waals surface area contributed by atoms with Crippen LogP contribution in [0, 0.1) is 11.2 Å². The summed E-state index contributed by atoms with van der Waals surface area (Å²) in [5.74, 6) is 0.458. The average Bonchev–Trinajstić information content (AvgIpc) is 2.54. The monoisotopic (exact) mass is 353 g/mol. The molecule has 1 aromatic carbocycles. The van der Waals surface area contributed by atoms with Gasteiger partial charge in [-0.1, -0.05) is 26.8 Å². The second kappa shape index (κ2) is 10.4. The van der Waals surface area contributed by atoms with Gasteiger partial charge < -0.3 is 20.1 Å². The Labute approximate surface area is 151 Å². The summed E-state index contributed by atoms with van der Waals surface area (Å²) in [6, 6.07) is 4.99. The maximum absolute atomic E-state index is 13.7. The summed E-state index contributed by atoms with van der Waals surface area (Å²) in [6.45, 7) is 10.6. The lowest BCUT2D eigenvalue weighted by Gasteiger charge is -2.30. The van der Waals surface area contributed by atoms with Crippen molar-refractivity contribution in [3.05, 3.63) is 35.1 Å². The molecule has 1 atom stereocenters. The summed E-state index contributed by atoms with van der Waals surface area (Å²) in [4.78, 5) is 4.58. The summed E-state index contributed by atoms with van der Waals surface area (Å²) in [6.07, 6.45) is 0.0653. The minimum Gasteiger partial charge on any atom is -0.380 e. The van der Waals surface area contributed by atoms with E-state index in [0.717, 1.165) is 12.1 Å². The summed E-state index contributed by atoms with van der Waals surface area (Å²) < 4.78 is 24.3. The van der Waals surface area contributed by atoms with Crippen molar-refractivity contribution >= 4 is 5.96 Å². The number of guanidine groups is 1. The Kier molecular flexibility index (Phi) is 8.86. The van der Waals surface area contributed by atoms with Crippen LogP contribution in [0.2, 0.25) is 0 Å². The zero-order valence-corrected chi connectivity index (χ0v) is 16.3. The molecular formula is C19H32FN3O2. The molecule has 6 heteroatoms. The van der Waals surface area contributed by atoms with E-state index in [4.69, 9.17) is 9.47 Å². The number of nitrogens with one attached hydrogen (secondary N) is 2. The number of methoxy groups -OCH3 is 2. The van der Waals surface area contributed by atoms with E-state index in [1.54, 1.807) is 26.4 Å². The molecule has 5 nitrogen and oxygen atoms in total. The van der Waals surface area contributed by atoms with Gasteiger partial charge in [-0.3, -0.25) is 0 Å². The average molecular weight is 353 g/mol. The second-order valence-corrected chi connectivity index (χ2v) is 7.03. The molecule has 25 heavy (non-hydrogen) atoms. The Balaban J connectivity index is 2.77. The number of benzene rings is 1. The van der Waals surface area contributed by atoms with E-state index in [9.17, 15) is 4.39 Å². The van der Waals surface area contributed by atoms with Crippen molar-refractivity contribution in [3.8, 4) is 0 Å². The highest BCUT2D eigenvalue weighted by Gasteiger charge is 2.24. The van der Waals surface area contributed by atoms with Crippen LogP contribution < -0.4 is 10.6 Å². The molecule has 0 heterocycles. The molecule has 1 unspecified atom stereocenters. The van der Waals surface area contributed by atoms with E-state index in [-0.39, 0.29) is 23.9 Å². The molecule has 0 bridgehead atoms. The van der Waals surface area contributed by atoms with E-state index >= 15 is 0 Å². The molecule has 142 valence electrons. The van der Waals surface area contributed by atoms with Crippen LogP contribution in [0.25, 0.3) is 0 Å². The second-order valence-electron chi connectivity index (χ2n) is 7.03. The number of ether oxygens (including phenoxy) is 2. The fourth-order valence-corrected chi connectivity index (χ4v) is 2.44. The minimum atomic E-state index is -0.257. The van der Waals surface area contributed by atoms with Crippen molar-refractivity contribution < 1.29 is 13.9 Å². The standard InChI is InChI=1S/C19H32FN3O2/c1-7-21-18(23-12-17(25-6)19(2,3)4)22-11-14-8-9-16(20)15(10-14)13-24-5/h8-10,17H,7,11-13H2,1-6H3,(H2,21,22,23). The minimum absolute atomic E-state index is 0.0328. The molecule has 0 spiro atoms. The van der Waals surface area contributed by atoms with Crippen LogP contribution in [-0.2, 0) is 22.6 Å². The zero-order valence-electron chi connectivity index (χ0n) is 16.3. The number of rotatable bonds is 8. The first-order valence-corrected chi connectivity index (χ1v) is 8.63. The predicted molar refractivity (Wildman–Crippen MR) is 100 cm³/mol. The van der Waals surface area contributed by atoms with E-state index in [2.05, 4.69) is 36.4 Å². The molecule has 0 aliphatic carbocycles. The topological polar surface area (TPSA) is 54.9 Å². The quantitative estimate of drug-likeness (QED) is 0.557. The zero-order chi connectivity index (χ0) is 18.9. The van der Waals surface area contributed by atoms with Crippen LogP contribution in [0.1, 0.15) is 38.8 Å². The fourth-order valence-electron chi connectivity index (χ4n) is 2.44. The van der Waals surface area contributed by atoms with E-state index in [1.807, 2.05) is 6.92 Å². The lowest BCUT2D eigenvalue weighted by molar-refractivity contribution is 0.0205. The van der Waals surface area contributed by atoms with Gasteiger partial charge in [0.2, 0.25) is 0 Å². The lowest BCUT2D eigenvalue weighted by atomic mass is 9.89. The largest absolute Gasteiger partial charge is 0.380 e. The smallest absolute Gasteiger partial charge is 0.191 e. The summed E-state index contributed by atoms with van der Waals surface area (Å²) in [7, 11) is 3.27. The molecule has 1 aromatic rings. The highest BCUT2D eigenvalue weighted by molar-refractivity contribution is 5.79. The number of nitrogens with zero attached hydrogens (tertiary/aromatic N) is 1. The first-order chi connectivity index (χ1) is 11.8. The van der Waals surface area contributed by atoms with Crippen LogP contribution in [-0.4, -0.2) is 39.4 Å². The molecule has 2 N–H and O–H groups in total. The Morgan fingerprint density at radius 2 is 1.96 bits per heavy atom. The number of aliphatic imine (C=N–C) groups is 1. The Hall–Kier alpha value is -1.66. The third-order valence-corrected chi connectivity index (χ3v) is 3.88. The molecule has 0 saturated carbocycles. The van der Waals surface area contributed by atoms with Gasteiger partial charge in [-0.05, 0) is 30.0 Å². The van der Waals surface area contributed by atoms with Crippen molar-refractivity contribution in [2.45, 2.75) is 47.0 Å². The molecular weight excluding hydrogens is 321 g/mol. The Morgan fingerprint density at radius 1 is 1.24 bits per heavy atom. The van der Waals surface area contributed by atoms with Crippen LogP contribution in [0.3, 0.4) is 0 Å². The highest BCUT2D eigenvalue weighted by Crippen LogP contribution is 2.21. The van der Waals surface area contributed by atoms with Gasteiger partial charge in [0.1, 0.15) is 5.82 Å². The summed E-state index contributed by atoms with van der Waals surface area (Å²) in [5.41, 5.74) is 1.51. The van der Waals surface area contributed by atoms with Crippen molar-refractivity contribution in [1.29, 1.82) is 0 Å². The van der Waals surface area contributed by atoms with Crippen LogP contribution >= 0.6 is 0 Å². The lowest BCUT2D eigenvalue weighted by Crippen LogP contribution is -2.45. The van der Waals surface area contributed by atoms with E-state index < -0.39 is 0 Å². The van der Waals surface area contributed by atoms with Gasteiger partial charge in [-0.15, -0.1) is 0 Å². The molecule has 0 aromatic heterocycles. The van der Waals surface area contributed by atoms with Crippen molar-refractivity contribution in [2.24, 2.45) is 10.4 Å². The molecule has 1 rings (SSSR count). The fraction of sp³-hybridized carbons (Fsp3) is 0.632. The van der Waals surface area contributed by atoms with Crippen molar-refractivity contribution in [3.63, 3.8) is 0 Å². The van der Waals surface area contributed by atoms with Gasteiger partial charge >= 0.3 is 0 Å². The van der Waals surface area contributed by atoms with Crippen molar-refractivity contribution in [1.82, 2.24) is 10.6 Å². The first-order valence-electron chi connectivity index (χ1n) is 8.63. The van der Waals surface area contributed by atoms with Gasteiger partial charge in [0.25, 0.3) is 0 Å². The first kappa shape index (κ1) is 21.4. The van der Waals surface area contributed by atoms with Crippen molar-refractivity contribution in [2.75, 3.05) is 27.3 Å². The maximum atomic E-state index is 13.7. The van der Waals surface area contributed by atoms with E-state index in [0.29, 0.717) is 24.6 Å². The SMILES string of the molecule is CCNC(=NCc1ccc(F)c(COC)c1)NCC(OC)C(C)(C)C. The molecule has 0 aliphatic rings. The molecule has 0 saturated heterocycles. The molecule has 0 radical (unpaired) electrons. The Bertz CT molecular complexity index is 556. The third kappa shape index (κ3) is 7.40. The molecule has 0 fully saturated rings. The maximum Gasteiger partial charge on any atom is 0.191 e. The normalized spacial score (nSPS) is 13.6. The van der Waals surface area contributed by atoms with E-state index in [1.165, 1.54) is 6.07 Å². The predicted octanol–water partition coefficient (Wildman–Crippen LogP) is 3.09. The third-order valence-electron chi connectivity index (χ3n) is 3.88. The highest BCUT2D eigenvalue weighted by atomic mass is 19.1. The van der Waals surface area contributed by atoms with Crippen LogP contribution in [0.15, 0.2) is 23.2 Å². The van der Waals surface area contributed by atoms with Crippen LogP contribution in [0.5, 0.6) is 0 Å². The van der Waals surface area contributed by atoms with Gasteiger partial charge in [0, 0.05) is 32.9 Å². The molecule has 0 aliphatic heterocycles. The number of hydrogen-bond donors (Lipinski definition) is 2. The molecule has 0 amide bonds. The number of hydrogen-bond acceptors (Lipinski definition) is 3. The van der Waals surface area contributed by atoms with Gasteiger partial charge in [0.05, 0.1) is 19.3 Å². The summed E-state index contributed by atoms with van der Waals surface area (Å²) >= 11 is 0. The Morgan fingerprint density at radius 3 is 2.52 bits per heavy atom. The van der Waals surface area contributed by atoms with Gasteiger partial charge in [0.15, 0.2) is 5.96 Å². The van der Waals surface area contributed by atoms with Crippen LogP contribution in [0.4, 0.5) is 4.39 Å². The summed E-state index contributed by atoms with van der Waals surface area (Å²) in [5, 5.41) is 6.53.